The number of nitrogens with one attached hydrogen (secondary N) is 1. The second-order valence-corrected chi connectivity index (χ2v) is 5.77. The zero-order valence-electron chi connectivity index (χ0n) is 13.9. The topological polar surface area (TPSA) is 59.5 Å². The summed E-state index contributed by atoms with van der Waals surface area (Å²) in [6, 6.07) is 10.2. The Kier molecular flexibility index (Phi) is 6.53. The van der Waals surface area contributed by atoms with Gasteiger partial charge in [-0.25, -0.2) is 9.97 Å². The molecule has 3 rings (SSSR count). The standard InChI is InChI=1S/C18H24N4O2/c1-4-16(14-17(5-1)24-18-20-7-2-8-21-18)15-19-6-3-9-22-10-12-23-13-11-22/h1-2,4-5,7-8,14,19H,3,6,9-13,15H2. The predicted molar refractivity (Wildman–Crippen MR) is 92.1 cm³/mol. The van der Waals surface area contributed by atoms with Crippen LogP contribution >= 0.6 is 0 Å². The van der Waals surface area contributed by atoms with Crippen LogP contribution in [0, 0.1) is 0 Å². The maximum atomic E-state index is 5.66. The summed E-state index contributed by atoms with van der Waals surface area (Å²) >= 11 is 0. The van der Waals surface area contributed by atoms with Crippen molar-refractivity contribution in [2.45, 2.75) is 13.0 Å². The fourth-order valence-electron chi connectivity index (χ4n) is 2.65. The lowest BCUT2D eigenvalue weighted by Crippen LogP contribution is -2.37. The Hall–Kier alpha value is -2.02. The first-order chi connectivity index (χ1) is 11.9. The minimum atomic E-state index is 0.369. The number of benzene rings is 1. The van der Waals surface area contributed by atoms with E-state index in [9.17, 15) is 0 Å². The summed E-state index contributed by atoms with van der Waals surface area (Å²) in [6.07, 6.45) is 4.48. The van der Waals surface area contributed by atoms with Crippen LogP contribution in [0.2, 0.25) is 0 Å². The van der Waals surface area contributed by atoms with Crippen LogP contribution in [0.5, 0.6) is 11.8 Å². The summed E-state index contributed by atoms with van der Waals surface area (Å²) in [6.45, 7) is 6.81. The van der Waals surface area contributed by atoms with E-state index in [1.165, 1.54) is 5.56 Å². The predicted octanol–water partition coefficient (Wildman–Crippen LogP) is 2.08. The summed E-state index contributed by atoms with van der Waals surface area (Å²) in [7, 11) is 0. The number of hydrogen-bond donors (Lipinski definition) is 1. The van der Waals surface area contributed by atoms with E-state index >= 15 is 0 Å². The molecule has 1 aliphatic heterocycles. The van der Waals surface area contributed by atoms with Gasteiger partial charge in [0.2, 0.25) is 0 Å². The Labute approximate surface area is 142 Å². The molecule has 0 radical (unpaired) electrons. The molecule has 2 aromatic rings. The van der Waals surface area contributed by atoms with Crippen LogP contribution in [0.15, 0.2) is 42.7 Å². The minimum absolute atomic E-state index is 0.369. The first kappa shape index (κ1) is 16.8. The highest BCUT2D eigenvalue weighted by Gasteiger charge is 2.08. The first-order valence-electron chi connectivity index (χ1n) is 8.45. The molecule has 2 heterocycles. The van der Waals surface area contributed by atoms with E-state index in [1.54, 1.807) is 18.5 Å². The third-order valence-electron chi connectivity index (χ3n) is 3.91. The molecule has 0 aliphatic carbocycles. The van der Waals surface area contributed by atoms with Gasteiger partial charge in [-0.1, -0.05) is 12.1 Å². The summed E-state index contributed by atoms with van der Waals surface area (Å²) < 4.78 is 11.0. The fourth-order valence-corrected chi connectivity index (χ4v) is 2.65. The summed E-state index contributed by atoms with van der Waals surface area (Å²) in [4.78, 5) is 10.6. The average molecular weight is 328 g/mol. The van der Waals surface area contributed by atoms with Gasteiger partial charge >= 0.3 is 6.01 Å². The van der Waals surface area contributed by atoms with E-state index in [1.807, 2.05) is 18.2 Å². The fraction of sp³-hybridized carbons (Fsp3) is 0.444. The lowest BCUT2D eigenvalue weighted by Gasteiger charge is -2.26. The number of aromatic nitrogens is 2. The molecular formula is C18H24N4O2. The van der Waals surface area contributed by atoms with Gasteiger partial charge < -0.3 is 14.8 Å². The Morgan fingerprint density at radius 2 is 1.96 bits per heavy atom. The molecule has 0 bridgehead atoms. The molecule has 24 heavy (non-hydrogen) atoms. The normalized spacial score (nSPS) is 15.3. The zero-order chi connectivity index (χ0) is 16.5. The van der Waals surface area contributed by atoms with Crippen LogP contribution in [0.3, 0.4) is 0 Å². The third kappa shape index (κ3) is 5.56. The number of rotatable bonds is 8. The smallest absolute Gasteiger partial charge is 0.321 e. The van der Waals surface area contributed by atoms with Gasteiger partial charge in [-0.15, -0.1) is 0 Å². The molecule has 6 nitrogen and oxygen atoms in total. The van der Waals surface area contributed by atoms with Crippen LogP contribution < -0.4 is 10.1 Å². The van der Waals surface area contributed by atoms with Gasteiger partial charge in [-0.3, -0.25) is 4.90 Å². The molecule has 1 aliphatic rings. The molecule has 0 unspecified atom stereocenters. The van der Waals surface area contributed by atoms with Crippen molar-refractivity contribution in [3.05, 3.63) is 48.3 Å². The van der Waals surface area contributed by atoms with Crippen LogP contribution in [-0.4, -0.2) is 54.3 Å². The molecule has 0 amide bonds. The van der Waals surface area contributed by atoms with Crippen molar-refractivity contribution in [2.75, 3.05) is 39.4 Å². The number of nitrogens with zero attached hydrogens (tertiary/aromatic N) is 3. The minimum Gasteiger partial charge on any atom is -0.424 e. The van der Waals surface area contributed by atoms with Crippen LogP contribution in [-0.2, 0) is 11.3 Å². The second kappa shape index (κ2) is 9.32. The third-order valence-corrected chi connectivity index (χ3v) is 3.91. The second-order valence-electron chi connectivity index (χ2n) is 5.77. The van der Waals surface area contributed by atoms with Crippen molar-refractivity contribution in [3.8, 4) is 11.8 Å². The van der Waals surface area contributed by atoms with Crippen molar-refractivity contribution >= 4 is 0 Å². The molecular weight excluding hydrogens is 304 g/mol. The molecule has 0 spiro atoms. The van der Waals surface area contributed by atoms with Crippen molar-refractivity contribution in [1.29, 1.82) is 0 Å². The zero-order valence-corrected chi connectivity index (χ0v) is 13.9. The van der Waals surface area contributed by atoms with Crippen LogP contribution in [0.25, 0.3) is 0 Å². The number of morpholine rings is 1. The molecule has 1 N–H and O–H groups in total. The van der Waals surface area contributed by atoms with Crippen molar-refractivity contribution < 1.29 is 9.47 Å². The SMILES string of the molecule is c1cnc(Oc2cccc(CNCCCN3CCOCC3)c2)nc1. The van der Waals surface area contributed by atoms with Gasteiger partial charge in [0.15, 0.2) is 0 Å². The molecule has 128 valence electrons. The Morgan fingerprint density at radius 3 is 2.79 bits per heavy atom. The maximum absolute atomic E-state index is 5.66. The van der Waals surface area contributed by atoms with E-state index in [2.05, 4.69) is 26.3 Å². The largest absolute Gasteiger partial charge is 0.424 e. The van der Waals surface area contributed by atoms with Gasteiger partial charge in [0.05, 0.1) is 13.2 Å². The van der Waals surface area contributed by atoms with E-state index in [-0.39, 0.29) is 0 Å². The van der Waals surface area contributed by atoms with Crippen LogP contribution in [0.1, 0.15) is 12.0 Å². The lowest BCUT2D eigenvalue weighted by atomic mass is 10.2. The highest BCUT2D eigenvalue weighted by molar-refractivity contribution is 5.30. The molecule has 0 saturated carbocycles. The van der Waals surface area contributed by atoms with Crippen molar-refractivity contribution in [1.82, 2.24) is 20.2 Å². The number of hydrogen-bond acceptors (Lipinski definition) is 6. The Morgan fingerprint density at radius 1 is 1.12 bits per heavy atom. The van der Waals surface area contributed by atoms with E-state index in [0.717, 1.165) is 58.1 Å². The maximum Gasteiger partial charge on any atom is 0.321 e. The molecule has 6 heteroatoms. The van der Waals surface area contributed by atoms with Crippen LogP contribution in [0.4, 0.5) is 0 Å². The molecule has 1 aromatic heterocycles. The van der Waals surface area contributed by atoms with E-state index in [4.69, 9.17) is 9.47 Å². The first-order valence-corrected chi connectivity index (χ1v) is 8.45. The molecule has 0 atom stereocenters. The van der Waals surface area contributed by atoms with Gasteiger partial charge in [-0.05, 0) is 43.3 Å². The van der Waals surface area contributed by atoms with Gasteiger partial charge in [-0.2, -0.15) is 0 Å². The lowest BCUT2D eigenvalue weighted by molar-refractivity contribution is 0.0374. The van der Waals surface area contributed by atoms with Gasteiger partial charge in [0, 0.05) is 32.0 Å². The summed E-state index contributed by atoms with van der Waals surface area (Å²) in [5, 5.41) is 3.49. The molecule has 1 fully saturated rings. The summed E-state index contributed by atoms with van der Waals surface area (Å²) in [5.74, 6) is 0.758. The summed E-state index contributed by atoms with van der Waals surface area (Å²) in [5.41, 5.74) is 1.19. The molecule has 1 saturated heterocycles. The Balaban J connectivity index is 1.38. The van der Waals surface area contributed by atoms with Gasteiger partial charge in [0.25, 0.3) is 0 Å². The average Bonchev–Trinajstić information content (AvgIpc) is 2.63. The highest BCUT2D eigenvalue weighted by Crippen LogP contribution is 2.18. The molecule has 1 aromatic carbocycles. The number of ether oxygens (including phenoxy) is 2. The van der Waals surface area contributed by atoms with Gasteiger partial charge in [0.1, 0.15) is 5.75 Å². The van der Waals surface area contributed by atoms with E-state index < -0.39 is 0 Å². The van der Waals surface area contributed by atoms with Crippen molar-refractivity contribution in [2.24, 2.45) is 0 Å². The van der Waals surface area contributed by atoms with Crippen molar-refractivity contribution in [3.63, 3.8) is 0 Å². The highest BCUT2D eigenvalue weighted by atomic mass is 16.5. The van der Waals surface area contributed by atoms with E-state index in [0.29, 0.717) is 6.01 Å². The Bertz CT molecular complexity index is 603. The quantitative estimate of drug-likeness (QED) is 0.749. The monoisotopic (exact) mass is 328 g/mol.